The van der Waals surface area contributed by atoms with Gasteiger partial charge >= 0.3 is 0 Å². The molecule has 1 nitrogen and oxygen atoms in total. The number of benzene rings is 1. The fourth-order valence-electron chi connectivity index (χ4n) is 1.74. The second kappa shape index (κ2) is 5.39. The standard InChI is InChI=1S/C12H15N.HI/c1-2-8-13-9-7-11-5-3-4-6-12(11)10-13;/h3-7,9H,2,8,10H2,1H3;1H. The highest BCUT2D eigenvalue weighted by Crippen LogP contribution is 2.18. The molecule has 0 N–H and O–H groups in total. The molecule has 1 aromatic rings. The van der Waals surface area contributed by atoms with Crippen LogP contribution in [0, 0.1) is 0 Å². The van der Waals surface area contributed by atoms with E-state index in [0.717, 1.165) is 13.1 Å². The Labute approximate surface area is 103 Å². The summed E-state index contributed by atoms with van der Waals surface area (Å²) in [5.41, 5.74) is 2.81. The van der Waals surface area contributed by atoms with Crippen molar-refractivity contribution in [2.45, 2.75) is 19.9 Å². The molecule has 0 aromatic heterocycles. The first-order valence-electron chi connectivity index (χ1n) is 4.90. The van der Waals surface area contributed by atoms with Crippen molar-refractivity contribution >= 4 is 30.1 Å². The number of nitrogens with zero attached hydrogens (tertiary/aromatic N) is 1. The third kappa shape index (κ3) is 2.50. The Bertz CT molecular complexity index is 320. The van der Waals surface area contributed by atoms with Gasteiger partial charge in [0.25, 0.3) is 0 Å². The van der Waals surface area contributed by atoms with Gasteiger partial charge in [0.1, 0.15) is 0 Å². The van der Waals surface area contributed by atoms with E-state index in [1.165, 1.54) is 17.5 Å². The second-order valence-electron chi connectivity index (χ2n) is 3.49. The van der Waals surface area contributed by atoms with E-state index in [1.807, 2.05) is 0 Å². The van der Waals surface area contributed by atoms with Crippen LogP contribution in [0.3, 0.4) is 0 Å². The number of rotatable bonds is 2. The molecule has 0 saturated heterocycles. The predicted octanol–water partition coefficient (Wildman–Crippen LogP) is 3.50. The summed E-state index contributed by atoms with van der Waals surface area (Å²) in [5.74, 6) is 0. The highest BCUT2D eigenvalue weighted by molar-refractivity contribution is 14.0. The molecule has 0 atom stereocenters. The van der Waals surface area contributed by atoms with Gasteiger partial charge in [-0.25, -0.2) is 0 Å². The highest BCUT2D eigenvalue weighted by Gasteiger charge is 2.07. The summed E-state index contributed by atoms with van der Waals surface area (Å²) in [6, 6.07) is 8.59. The maximum Gasteiger partial charge on any atom is 0.0429 e. The number of hydrogen-bond acceptors (Lipinski definition) is 1. The maximum atomic E-state index is 2.36. The van der Waals surface area contributed by atoms with Crippen molar-refractivity contribution in [3.63, 3.8) is 0 Å². The largest absolute Gasteiger partial charge is 0.373 e. The molecule has 2 rings (SSSR count). The molecule has 76 valence electrons. The molecule has 14 heavy (non-hydrogen) atoms. The van der Waals surface area contributed by atoms with E-state index < -0.39 is 0 Å². The Morgan fingerprint density at radius 1 is 1.29 bits per heavy atom. The zero-order chi connectivity index (χ0) is 9.10. The Morgan fingerprint density at radius 3 is 2.86 bits per heavy atom. The second-order valence-corrected chi connectivity index (χ2v) is 3.49. The zero-order valence-corrected chi connectivity index (χ0v) is 10.8. The van der Waals surface area contributed by atoms with Gasteiger partial charge in [-0.3, -0.25) is 0 Å². The molecule has 0 saturated carbocycles. The summed E-state index contributed by atoms with van der Waals surface area (Å²) in [5, 5.41) is 0. The fraction of sp³-hybridized carbons (Fsp3) is 0.333. The van der Waals surface area contributed by atoms with Crippen LogP contribution in [-0.4, -0.2) is 11.4 Å². The van der Waals surface area contributed by atoms with Crippen LogP contribution in [0.1, 0.15) is 24.5 Å². The molecular weight excluding hydrogens is 285 g/mol. The van der Waals surface area contributed by atoms with Crippen LogP contribution in [0.25, 0.3) is 6.08 Å². The van der Waals surface area contributed by atoms with Crippen LogP contribution in [0.4, 0.5) is 0 Å². The van der Waals surface area contributed by atoms with Gasteiger partial charge in [0.2, 0.25) is 0 Å². The SMILES string of the molecule is CCCN1C=Cc2ccccc2C1.I. The summed E-state index contributed by atoms with van der Waals surface area (Å²) < 4.78 is 0. The van der Waals surface area contributed by atoms with E-state index >= 15 is 0 Å². The summed E-state index contributed by atoms with van der Waals surface area (Å²) in [4.78, 5) is 2.36. The van der Waals surface area contributed by atoms with E-state index in [9.17, 15) is 0 Å². The number of hydrogen-bond donors (Lipinski definition) is 0. The normalized spacial score (nSPS) is 13.4. The van der Waals surface area contributed by atoms with Crippen LogP contribution in [0.2, 0.25) is 0 Å². The van der Waals surface area contributed by atoms with Crippen molar-refractivity contribution in [2.75, 3.05) is 6.54 Å². The van der Waals surface area contributed by atoms with E-state index in [1.54, 1.807) is 0 Å². The van der Waals surface area contributed by atoms with E-state index in [-0.39, 0.29) is 24.0 Å². The average molecular weight is 301 g/mol. The lowest BCUT2D eigenvalue weighted by atomic mass is 10.0. The van der Waals surface area contributed by atoms with E-state index in [2.05, 4.69) is 48.4 Å². The maximum absolute atomic E-state index is 2.36. The van der Waals surface area contributed by atoms with Gasteiger partial charge in [0.15, 0.2) is 0 Å². The Hall–Kier alpha value is -0.510. The van der Waals surface area contributed by atoms with Gasteiger partial charge in [-0.1, -0.05) is 31.2 Å². The Kier molecular flexibility index (Phi) is 4.45. The van der Waals surface area contributed by atoms with Crippen LogP contribution < -0.4 is 0 Å². The van der Waals surface area contributed by atoms with Crippen LogP contribution in [0.15, 0.2) is 30.5 Å². The van der Waals surface area contributed by atoms with Gasteiger partial charge in [-0.15, -0.1) is 24.0 Å². The van der Waals surface area contributed by atoms with E-state index in [4.69, 9.17) is 0 Å². The van der Waals surface area contributed by atoms with Crippen LogP contribution >= 0.6 is 24.0 Å². The molecule has 0 unspecified atom stereocenters. The first-order chi connectivity index (χ1) is 6.40. The van der Waals surface area contributed by atoms with Crippen molar-refractivity contribution in [2.24, 2.45) is 0 Å². The summed E-state index contributed by atoms with van der Waals surface area (Å²) in [6.07, 6.45) is 5.62. The van der Waals surface area contributed by atoms with Crippen molar-refractivity contribution in [3.05, 3.63) is 41.6 Å². The lowest BCUT2D eigenvalue weighted by molar-refractivity contribution is 0.367. The van der Waals surface area contributed by atoms with Crippen molar-refractivity contribution in [1.82, 2.24) is 4.90 Å². The minimum absolute atomic E-state index is 0. The number of fused-ring (bicyclic) bond motifs is 1. The van der Waals surface area contributed by atoms with Gasteiger partial charge in [0, 0.05) is 13.1 Å². The third-order valence-electron chi connectivity index (χ3n) is 2.40. The van der Waals surface area contributed by atoms with Crippen LogP contribution in [0.5, 0.6) is 0 Å². The number of halogens is 1. The van der Waals surface area contributed by atoms with Crippen molar-refractivity contribution < 1.29 is 0 Å². The summed E-state index contributed by atoms with van der Waals surface area (Å²) in [6.45, 7) is 4.44. The topological polar surface area (TPSA) is 3.24 Å². The van der Waals surface area contributed by atoms with E-state index in [0.29, 0.717) is 0 Å². The summed E-state index contributed by atoms with van der Waals surface area (Å²) >= 11 is 0. The first kappa shape index (κ1) is 11.6. The molecule has 0 amide bonds. The monoisotopic (exact) mass is 301 g/mol. The average Bonchev–Trinajstić information content (AvgIpc) is 2.18. The molecule has 0 aliphatic carbocycles. The Morgan fingerprint density at radius 2 is 2.07 bits per heavy atom. The molecule has 0 radical (unpaired) electrons. The lowest BCUT2D eigenvalue weighted by Crippen LogP contribution is -2.20. The van der Waals surface area contributed by atoms with Gasteiger partial charge in [0.05, 0.1) is 0 Å². The predicted molar refractivity (Wildman–Crippen MR) is 71.6 cm³/mol. The van der Waals surface area contributed by atoms with Gasteiger partial charge in [-0.2, -0.15) is 0 Å². The first-order valence-corrected chi connectivity index (χ1v) is 4.90. The highest BCUT2D eigenvalue weighted by atomic mass is 127. The third-order valence-corrected chi connectivity index (χ3v) is 2.40. The fourth-order valence-corrected chi connectivity index (χ4v) is 1.74. The quantitative estimate of drug-likeness (QED) is 0.756. The Balaban J connectivity index is 0.000000980. The molecule has 0 spiro atoms. The zero-order valence-electron chi connectivity index (χ0n) is 8.44. The molecule has 1 aliphatic rings. The molecule has 1 aliphatic heterocycles. The van der Waals surface area contributed by atoms with Crippen molar-refractivity contribution in [1.29, 1.82) is 0 Å². The molecule has 1 heterocycles. The van der Waals surface area contributed by atoms with Gasteiger partial charge in [-0.05, 0) is 29.8 Å². The molecule has 0 bridgehead atoms. The minimum Gasteiger partial charge on any atom is -0.373 e. The molecule has 0 fully saturated rings. The lowest BCUT2D eigenvalue weighted by Gasteiger charge is -2.24. The summed E-state index contributed by atoms with van der Waals surface area (Å²) in [7, 11) is 0. The molecule has 1 aromatic carbocycles. The van der Waals surface area contributed by atoms with Crippen molar-refractivity contribution in [3.8, 4) is 0 Å². The minimum atomic E-state index is 0. The molecular formula is C12H16IN. The van der Waals surface area contributed by atoms with Gasteiger partial charge < -0.3 is 4.90 Å². The molecule has 2 heteroatoms. The van der Waals surface area contributed by atoms with Crippen LogP contribution in [-0.2, 0) is 6.54 Å². The smallest absolute Gasteiger partial charge is 0.0429 e.